The van der Waals surface area contributed by atoms with Crippen LogP contribution in [-0.4, -0.2) is 39.2 Å². The van der Waals surface area contributed by atoms with Gasteiger partial charge in [-0.2, -0.15) is 0 Å². The molecule has 0 bridgehead atoms. The first-order chi connectivity index (χ1) is 12.2. The molecular weight excluding hydrogens is 354 g/mol. The van der Waals surface area contributed by atoms with Gasteiger partial charge < -0.3 is 9.64 Å². The number of sulfone groups is 1. The second kappa shape index (κ2) is 8.14. The Morgan fingerprint density at radius 2 is 1.58 bits per heavy atom. The summed E-state index contributed by atoms with van der Waals surface area (Å²) in [4.78, 5) is 26.2. The highest BCUT2D eigenvalue weighted by Gasteiger charge is 2.21. The Kier molecular flexibility index (Phi) is 6.15. The number of amides is 1. The van der Waals surface area contributed by atoms with Gasteiger partial charge in [0.1, 0.15) is 0 Å². The number of nitrogens with zero attached hydrogens (tertiary/aromatic N) is 1. The zero-order valence-corrected chi connectivity index (χ0v) is 15.7. The number of hydrogen-bond donors (Lipinski definition) is 0. The number of carbonyl (C=O) groups is 2. The van der Waals surface area contributed by atoms with E-state index in [-0.39, 0.29) is 22.4 Å². The molecule has 0 unspecified atom stereocenters. The molecule has 138 valence electrons. The van der Waals surface area contributed by atoms with Crippen LogP contribution in [0.4, 0.5) is 5.69 Å². The fourth-order valence-electron chi connectivity index (χ4n) is 2.44. The van der Waals surface area contributed by atoms with Crippen molar-refractivity contribution in [1.29, 1.82) is 0 Å². The summed E-state index contributed by atoms with van der Waals surface area (Å²) in [5.74, 6) is -1.03. The largest absolute Gasteiger partial charge is 0.452 e. The van der Waals surface area contributed by atoms with E-state index in [4.69, 9.17) is 4.74 Å². The van der Waals surface area contributed by atoms with Crippen LogP contribution in [0.1, 0.15) is 24.2 Å². The molecule has 0 aromatic heterocycles. The maximum Gasteiger partial charge on any atom is 0.338 e. The molecule has 26 heavy (non-hydrogen) atoms. The minimum absolute atomic E-state index is 0.0994. The van der Waals surface area contributed by atoms with Crippen molar-refractivity contribution < 1.29 is 22.7 Å². The molecule has 0 atom stereocenters. The van der Waals surface area contributed by atoms with Gasteiger partial charge in [-0.05, 0) is 50.2 Å². The number of hydrogen-bond acceptors (Lipinski definition) is 5. The molecule has 0 fully saturated rings. The zero-order valence-electron chi connectivity index (χ0n) is 14.9. The van der Waals surface area contributed by atoms with E-state index in [1.54, 1.807) is 4.90 Å². The fourth-order valence-corrected chi connectivity index (χ4v) is 3.07. The van der Waals surface area contributed by atoms with E-state index in [9.17, 15) is 18.0 Å². The molecule has 0 heterocycles. The van der Waals surface area contributed by atoms with Crippen molar-refractivity contribution in [3.05, 3.63) is 60.2 Å². The smallest absolute Gasteiger partial charge is 0.338 e. The van der Waals surface area contributed by atoms with Crippen LogP contribution in [-0.2, 0) is 19.4 Å². The highest BCUT2D eigenvalue weighted by Crippen LogP contribution is 2.17. The van der Waals surface area contributed by atoms with Gasteiger partial charge in [0.15, 0.2) is 16.4 Å². The van der Waals surface area contributed by atoms with E-state index in [1.807, 2.05) is 44.2 Å². The van der Waals surface area contributed by atoms with Gasteiger partial charge in [-0.25, -0.2) is 13.2 Å². The molecule has 1 amide bonds. The van der Waals surface area contributed by atoms with Crippen LogP contribution in [0.5, 0.6) is 0 Å². The van der Waals surface area contributed by atoms with Gasteiger partial charge in [0.05, 0.1) is 10.5 Å². The first-order valence-corrected chi connectivity index (χ1v) is 9.93. The summed E-state index contributed by atoms with van der Waals surface area (Å²) in [5.41, 5.74) is 0.905. The molecule has 0 saturated carbocycles. The van der Waals surface area contributed by atoms with Crippen LogP contribution in [0.15, 0.2) is 59.5 Å². The van der Waals surface area contributed by atoms with E-state index in [2.05, 4.69) is 0 Å². The molecule has 2 aromatic carbocycles. The lowest BCUT2D eigenvalue weighted by Gasteiger charge is -2.26. The van der Waals surface area contributed by atoms with Crippen molar-refractivity contribution in [1.82, 2.24) is 0 Å². The van der Waals surface area contributed by atoms with Gasteiger partial charge in [-0.1, -0.05) is 18.2 Å². The molecule has 2 rings (SSSR count). The Hall–Kier alpha value is -2.67. The van der Waals surface area contributed by atoms with Crippen LogP contribution in [0.2, 0.25) is 0 Å². The number of para-hydroxylation sites is 1. The molecule has 0 N–H and O–H groups in total. The van der Waals surface area contributed by atoms with Gasteiger partial charge in [0.25, 0.3) is 5.91 Å². The van der Waals surface area contributed by atoms with Crippen molar-refractivity contribution >= 4 is 27.4 Å². The van der Waals surface area contributed by atoms with Crippen molar-refractivity contribution in [2.75, 3.05) is 17.8 Å². The van der Waals surface area contributed by atoms with Crippen LogP contribution < -0.4 is 4.90 Å². The Morgan fingerprint density at radius 1 is 1.00 bits per heavy atom. The predicted octanol–water partition coefficient (Wildman–Crippen LogP) is 2.69. The van der Waals surface area contributed by atoms with E-state index >= 15 is 0 Å². The summed E-state index contributed by atoms with van der Waals surface area (Å²) >= 11 is 0. The van der Waals surface area contributed by atoms with Crippen LogP contribution in [0, 0.1) is 0 Å². The Bertz CT molecular complexity index is 874. The van der Waals surface area contributed by atoms with E-state index < -0.39 is 22.4 Å². The summed E-state index contributed by atoms with van der Waals surface area (Å²) < 4.78 is 28.0. The molecule has 2 aromatic rings. The Morgan fingerprint density at radius 3 is 2.08 bits per heavy atom. The van der Waals surface area contributed by atoms with Crippen LogP contribution in [0.25, 0.3) is 0 Å². The van der Waals surface area contributed by atoms with Crippen molar-refractivity contribution in [3.63, 3.8) is 0 Å². The molecule has 0 spiro atoms. The summed E-state index contributed by atoms with van der Waals surface area (Å²) in [6.07, 6.45) is 1.09. The predicted molar refractivity (Wildman–Crippen MR) is 98.9 cm³/mol. The normalized spacial score (nSPS) is 11.2. The van der Waals surface area contributed by atoms with Crippen LogP contribution >= 0.6 is 0 Å². The summed E-state index contributed by atoms with van der Waals surface area (Å²) in [6.45, 7) is 3.34. The van der Waals surface area contributed by atoms with E-state index in [1.165, 1.54) is 24.3 Å². The first-order valence-electron chi connectivity index (χ1n) is 8.04. The third-order valence-electron chi connectivity index (χ3n) is 3.66. The summed E-state index contributed by atoms with van der Waals surface area (Å²) in [6, 6.07) is 14.4. The van der Waals surface area contributed by atoms with Crippen molar-refractivity contribution in [2.24, 2.45) is 0 Å². The number of carbonyl (C=O) groups excluding carboxylic acids is 2. The van der Waals surface area contributed by atoms with Crippen molar-refractivity contribution in [2.45, 2.75) is 24.8 Å². The third-order valence-corrected chi connectivity index (χ3v) is 4.79. The lowest BCUT2D eigenvalue weighted by molar-refractivity contribution is -0.122. The standard InChI is InChI=1S/C19H21NO5S/c1-14(2)20(16-7-5-4-6-8-16)18(21)13-25-19(22)15-9-11-17(12-10-15)26(3,23)24/h4-12,14H,13H2,1-3H3. The topological polar surface area (TPSA) is 80.8 Å². The highest BCUT2D eigenvalue weighted by atomic mass is 32.2. The average Bonchev–Trinajstić information content (AvgIpc) is 2.60. The number of rotatable bonds is 6. The second-order valence-corrected chi connectivity index (χ2v) is 8.08. The summed E-state index contributed by atoms with van der Waals surface area (Å²) in [7, 11) is -3.34. The molecule has 0 aliphatic heterocycles. The number of ether oxygens (including phenoxy) is 1. The average molecular weight is 375 g/mol. The van der Waals surface area contributed by atoms with Gasteiger partial charge in [-0.15, -0.1) is 0 Å². The minimum Gasteiger partial charge on any atom is -0.452 e. The number of benzene rings is 2. The van der Waals surface area contributed by atoms with Gasteiger partial charge in [-0.3, -0.25) is 4.79 Å². The summed E-state index contributed by atoms with van der Waals surface area (Å²) in [5, 5.41) is 0. The number of esters is 1. The SMILES string of the molecule is CC(C)N(C(=O)COC(=O)c1ccc(S(C)(=O)=O)cc1)c1ccccc1. The van der Waals surface area contributed by atoms with Crippen LogP contribution in [0.3, 0.4) is 0 Å². The molecule has 0 saturated heterocycles. The number of anilines is 1. The maximum absolute atomic E-state index is 12.5. The lowest BCUT2D eigenvalue weighted by atomic mass is 10.2. The fraction of sp³-hybridized carbons (Fsp3) is 0.263. The maximum atomic E-state index is 12.5. The van der Waals surface area contributed by atoms with Gasteiger partial charge >= 0.3 is 5.97 Å². The Labute approximate surface area is 153 Å². The lowest BCUT2D eigenvalue weighted by Crippen LogP contribution is -2.39. The molecular formula is C19H21NO5S. The van der Waals surface area contributed by atoms with E-state index in [0.29, 0.717) is 0 Å². The van der Waals surface area contributed by atoms with Gasteiger partial charge in [0.2, 0.25) is 0 Å². The quantitative estimate of drug-likeness (QED) is 0.725. The minimum atomic E-state index is -3.34. The molecule has 0 aliphatic carbocycles. The third kappa shape index (κ3) is 4.92. The molecule has 6 nitrogen and oxygen atoms in total. The Balaban J connectivity index is 2.04. The first kappa shape index (κ1) is 19.7. The highest BCUT2D eigenvalue weighted by molar-refractivity contribution is 7.90. The van der Waals surface area contributed by atoms with E-state index in [0.717, 1.165) is 11.9 Å². The monoisotopic (exact) mass is 375 g/mol. The second-order valence-electron chi connectivity index (χ2n) is 6.07. The molecule has 0 aliphatic rings. The van der Waals surface area contributed by atoms with Crippen molar-refractivity contribution in [3.8, 4) is 0 Å². The van der Waals surface area contributed by atoms with Gasteiger partial charge in [0, 0.05) is 18.0 Å². The zero-order chi connectivity index (χ0) is 19.3. The molecule has 7 heteroatoms. The molecule has 0 radical (unpaired) electrons.